The van der Waals surface area contributed by atoms with Gasteiger partial charge < -0.3 is 4.42 Å². The molecule has 2 heterocycles. The van der Waals surface area contributed by atoms with Crippen LogP contribution in [0.2, 0.25) is 0 Å². The molecule has 0 amide bonds. The molecule has 0 aliphatic rings. The normalized spacial score (nSPS) is 11.3. The average molecular weight is 704 g/mol. The van der Waals surface area contributed by atoms with Crippen LogP contribution in [0.15, 0.2) is 205 Å². The topological polar surface area (TPSA) is 51.8 Å². The van der Waals surface area contributed by atoms with Crippen LogP contribution in [0.5, 0.6) is 0 Å². The summed E-state index contributed by atoms with van der Waals surface area (Å²) in [5, 5.41) is 2.04. The summed E-state index contributed by atoms with van der Waals surface area (Å²) >= 11 is 0. The molecular formula is C51H33N3O. The Kier molecular flexibility index (Phi) is 8.12. The zero-order valence-electron chi connectivity index (χ0n) is 29.8. The maximum atomic E-state index is 6.70. The van der Waals surface area contributed by atoms with Gasteiger partial charge in [0.1, 0.15) is 11.2 Å². The van der Waals surface area contributed by atoms with Crippen molar-refractivity contribution in [1.82, 2.24) is 15.0 Å². The maximum Gasteiger partial charge on any atom is 0.164 e. The Balaban J connectivity index is 1.10. The van der Waals surface area contributed by atoms with Crippen molar-refractivity contribution in [2.75, 3.05) is 0 Å². The third-order valence-corrected chi connectivity index (χ3v) is 10.1. The zero-order valence-corrected chi connectivity index (χ0v) is 29.8. The van der Waals surface area contributed by atoms with Gasteiger partial charge in [-0.3, -0.25) is 0 Å². The summed E-state index contributed by atoms with van der Waals surface area (Å²) < 4.78 is 6.70. The molecule has 258 valence electrons. The third kappa shape index (κ3) is 6.26. The maximum absolute atomic E-state index is 6.70. The van der Waals surface area contributed by atoms with E-state index in [0.717, 1.165) is 66.4 Å². The summed E-state index contributed by atoms with van der Waals surface area (Å²) in [5.74, 6) is 1.85. The lowest BCUT2D eigenvalue weighted by atomic mass is 9.92. The van der Waals surface area contributed by atoms with Crippen molar-refractivity contribution in [3.8, 4) is 78.7 Å². The summed E-state index contributed by atoms with van der Waals surface area (Å²) in [6, 6.07) is 69.4. The Labute approximate surface area is 319 Å². The van der Waals surface area contributed by atoms with Gasteiger partial charge >= 0.3 is 0 Å². The van der Waals surface area contributed by atoms with Gasteiger partial charge in [-0.05, 0) is 75.3 Å². The number of rotatable bonds is 7. The van der Waals surface area contributed by atoms with E-state index in [1.165, 1.54) is 16.7 Å². The van der Waals surface area contributed by atoms with Gasteiger partial charge in [0.05, 0.1) is 0 Å². The standard InChI is InChI=1S/C51H33N3O/c1-5-14-34(15-6-1)37-24-26-39(27-25-37)50-52-49(38-20-11-4-12-21-38)53-51(54-50)40-28-29-47-46(33-40)45-23-13-22-44(48(45)55-47)43-31-41(35-16-7-2-8-17-35)30-42(32-43)36-18-9-3-10-19-36/h1-33H. The van der Waals surface area contributed by atoms with Gasteiger partial charge in [0, 0.05) is 33.0 Å². The lowest BCUT2D eigenvalue weighted by Crippen LogP contribution is -2.00. The Morgan fingerprint density at radius 1 is 0.273 bits per heavy atom. The molecule has 0 atom stereocenters. The molecule has 0 radical (unpaired) electrons. The fourth-order valence-corrected chi connectivity index (χ4v) is 7.34. The van der Waals surface area contributed by atoms with E-state index in [2.05, 4.69) is 152 Å². The first kappa shape index (κ1) is 32.2. The van der Waals surface area contributed by atoms with E-state index >= 15 is 0 Å². The van der Waals surface area contributed by atoms with Crippen molar-refractivity contribution in [2.45, 2.75) is 0 Å². The molecule has 4 nitrogen and oxygen atoms in total. The van der Waals surface area contributed by atoms with Crippen LogP contribution in [0, 0.1) is 0 Å². The van der Waals surface area contributed by atoms with Crippen LogP contribution in [0.1, 0.15) is 0 Å². The number of hydrogen-bond acceptors (Lipinski definition) is 4. The molecule has 0 unspecified atom stereocenters. The third-order valence-electron chi connectivity index (χ3n) is 10.1. The highest BCUT2D eigenvalue weighted by Crippen LogP contribution is 2.40. The van der Waals surface area contributed by atoms with Crippen LogP contribution >= 0.6 is 0 Å². The second kappa shape index (κ2) is 13.8. The number of hydrogen-bond donors (Lipinski definition) is 0. The predicted molar refractivity (Wildman–Crippen MR) is 225 cm³/mol. The largest absolute Gasteiger partial charge is 0.455 e. The van der Waals surface area contributed by atoms with E-state index in [1.807, 2.05) is 48.5 Å². The molecule has 0 saturated heterocycles. The van der Waals surface area contributed by atoms with E-state index in [4.69, 9.17) is 19.4 Å². The molecule has 0 bridgehead atoms. The Morgan fingerprint density at radius 3 is 1.25 bits per heavy atom. The first-order valence-electron chi connectivity index (χ1n) is 18.4. The molecule has 4 heteroatoms. The van der Waals surface area contributed by atoms with Gasteiger partial charge in [-0.15, -0.1) is 0 Å². The van der Waals surface area contributed by atoms with E-state index in [0.29, 0.717) is 17.5 Å². The van der Waals surface area contributed by atoms with Crippen molar-refractivity contribution >= 4 is 21.9 Å². The van der Waals surface area contributed by atoms with Crippen LogP contribution < -0.4 is 0 Å². The summed E-state index contributed by atoms with van der Waals surface area (Å²) in [5.41, 5.74) is 13.5. The molecule has 10 aromatic rings. The number of benzene rings is 8. The first-order chi connectivity index (χ1) is 27.2. The minimum absolute atomic E-state index is 0.603. The van der Waals surface area contributed by atoms with Gasteiger partial charge in [-0.25, -0.2) is 15.0 Å². The Hall–Kier alpha value is -7.43. The van der Waals surface area contributed by atoms with Crippen molar-refractivity contribution in [3.05, 3.63) is 200 Å². The second-order valence-corrected chi connectivity index (χ2v) is 13.6. The van der Waals surface area contributed by atoms with E-state index in [9.17, 15) is 0 Å². The molecule has 0 spiro atoms. The Morgan fingerprint density at radius 2 is 0.691 bits per heavy atom. The summed E-state index contributed by atoms with van der Waals surface area (Å²) in [4.78, 5) is 15.1. The summed E-state index contributed by atoms with van der Waals surface area (Å²) in [7, 11) is 0. The SMILES string of the molecule is c1ccc(-c2ccc(-c3nc(-c4ccccc4)nc(-c4ccc5oc6c(-c7cc(-c8ccccc8)cc(-c8ccccc8)c7)cccc6c5c4)n3)cc2)cc1. The van der Waals surface area contributed by atoms with E-state index < -0.39 is 0 Å². The summed E-state index contributed by atoms with van der Waals surface area (Å²) in [6.07, 6.45) is 0. The highest BCUT2D eigenvalue weighted by Gasteiger charge is 2.18. The highest BCUT2D eigenvalue weighted by molar-refractivity contribution is 6.10. The predicted octanol–water partition coefficient (Wildman–Crippen LogP) is 13.4. The molecule has 0 aliphatic heterocycles. The van der Waals surface area contributed by atoms with Crippen molar-refractivity contribution < 1.29 is 4.42 Å². The van der Waals surface area contributed by atoms with Gasteiger partial charge in [-0.1, -0.05) is 164 Å². The van der Waals surface area contributed by atoms with Crippen LogP contribution in [-0.2, 0) is 0 Å². The number of nitrogens with zero attached hydrogens (tertiary/aromatic N) is 3. The molecule has 10 rings (SSSR count). The molecular weight excluding hydrogens is 671 g/mol. The minimum Gasteiger partial charge on any atom is -0.455 e. The number of fused-ring (bicyclic) bond motifs is 3. The van der Waals surface area contributed by atoms with Gasteiger partial charge in [0.2, 0.25) is 0 Å². The van der Waals surface area contributed by atoms with Gasteiger partial charge in [-0.2, -0.15) is 0 Å². The average Bonchev–Trinajstić information content (AvgIpc) is 3.66. The van der Waals surface area contributed by atoms with Gasteiger partial charge in [0.15, 0.2) is 17.5 Å². The molecule has 0 saturated carbocycles. The molecule has 55 heavy (non-hydrogen) atoms. The molecule has 0 fully saturated rings. The quantitative estimate of drug-likeness (QED) is 0.166. The van der Waals surface area contributed by atoms with E-state index in [1.54, 1.807) is 0 Å². The fraction of sp³-hybridized carbons (Fsp3) is 0. The first-order valence-corrected chi connectivity index (χ1v) is 18.4. The smallest absolute Gasteiger partial charge is 0.164 e. The monoisotopic (exact) mass is 703 g/mol. The van der Waals surface area contributed by atoms with Crippen LogP contribution in [0.4, 0.5) is 0 Å². The molecule has 0 N–H and O–H groups in total. The lowest BCUT2D eigenvalue weighted by molar-refractivity contribution is 0.670. The number of aromatic nitrogens is 3. The van der Waals surface area contributed by atoms with Crippen LogP contribution in [0.25, 0.3) is 101 Å². The second-order valence-electron chi connectivity index (χ2n) is 13.6. The molecule has 2 aromatic heterocycles. The van der Waals surface area contributed by atoms with Crippen molar-refractivity contribution in [3.63, 3.8) is 0 Å². The summed E-state index contributed by atoms with van der Waals surface area (Å²) in [6.45, 7) is 0. The van der Waals surface area contributed by atoms with Crippen LogP contribution in [-0.4, -0.2) is 15.0 Å². The van der Waals surface area contributed by atoms with Crippen LogP contribution in [0.3, 0.4) is 0 Å². The molecule has 8 aromatic carbocycles. The number of para-hydroxylation sites is 1. The number of furan rings is 1. The fourth-order valence-electron chi connectivity index (χ4n) is 7.34. The zero-order chi connectivity index (χ0) is 36.6. The lowest BCUT2D eigenvalue weighted by Gasteiger charge is -2.11. The Bertz CT molecular complexity index is 2880. The van der Waals surface area contributed by atoms with Crippen molar-refractivity contribution in [1.29, 1.82) is 0 Å². The van der Waals surface area contributed by atoms with Gasteiger partial charge in [0.25, 0.3) is 0 Å². The van der Waals surface area contributed by atoms with E-state index in [-0.39, 0.29) is 0 Å². The van der Waals surface area contributed by atoms with Crippen molar-refractivity contribution in [2.24, 2.45) is 0 Å². The highest BCUT2D eigenvalue weighted by atomic mass is 16.3. The molecule has 0 aliphatic carbocycles. The minimum atomic E-state index is 0.603.